The van der Waals surface area contributed by atoms with E-state index in [1.54, 1.807) is 0 Å². The van der Waals surface area contributed by atoms with Crippen molar-refractivity contribution in [1.29, 1.82) is 0 Å². The molecule has 0 aromatic heterocycles. The summed E-state index contributed by atoms with van der Waals surface area (Å²) in [6.07, 6.45) is 0.952. The summed E-state index contributed by atoms with van der Waals surface area (Å²) in [6.45, 7) is 2.32. The molecular formula is C14H17NO3S. The summed E-state index contributed by atoms with van der Waals surface area (Å²) in [5, 5.41) is 0. The highest BCUT2D eigenvalue weighted by Crippen LogP contribution is 2.46. The average molecular weight is 279 g/mol. The Labute approximate surface area is 118 Å². The molecule has 2 unspecified atom stereocenters. The summed E-state index contributed by atoms with van der Waals surface area (Å²) in [5.74, 6) is -0.183. The summed E-state index contributed by atoms with van der Waals surface area (Å²) in [4.78, 5) is 13.8. The Hall–Kier alpha value is -1.04. The second kappa shape index (κ2) is 5.15. The van der Waals surface area contributed by atoms with Crippen LogP contribution in [-0.4, -0.2) is 41.5 Å². The molecule has 2 aliphatic heterocycles. The number of esters is 1. The van der Waals surface area contributed by atoms with E-state index in [0.29, 0.717) is 13.2 Å². The van der Waals surface area contributed by atoms with Crippen molar-refractivity contribution in [3.05, 3.63) is 35.9 Å². The average Bonchev–Trinajstić information content (AvgIpc) is 2.85. The van der Waals surface area contributed by atoms with Gasteiger partial charge in [-0.1, -0.05) is 30.3 Å². The second-order valence-corrected chi connectivity index (χ2v) is 5.61. The van der Waals surface area contributed by atoms with E-state index in [4.69, 9.17) is 9.47 Å². The van der Waals surface area contributed by atoms with E-state index in [1.165, 1.54) is 0 Å². The van der Waals surface area contributed by atoms with Gasteiger partial charge in [-0.25, -0.2) is 0 Å². The summed E-state index contributed by atoms with van der Waals surface area (Å²) < 4.78 is 10.7. The van der Waals surface area contributed by atoms with Crippen molar-refractivity contribution < 1.29 is 14.3 Å². The Morgan fingerprint density at radius 3 is 2.84 bits per heavy atom. The van der Waals surface area contributed by atoms with Crippen LogP contribution in [0.4, 0.5) is 0 Å². The van der Waals surface area contributed by atoms with Gasteiger partial charge < -0.3 is 9.47 Å². The molecule has 1 aromatic carbocycles. The predicted molar refractivity (Wildman–Crippen MR) is 73.9 cm³/mol. The summed E-state index contributed by atoms with van der Waals surface area (Å²) in [6, 6.07) is 9.71. The third kappa shape index (κ3) is 2.94. The van der Waals surface area contributed by atoms with Crippen LogP contribution in [0.3, 0.4) is 0 Å². The largest absolute Gasteiger partial charge is 0.460 e. The van der Waals surface area contributed by atoms with Crippen molar-refractivity contribution >= 4 is 18.6 Å². The van der Waals surface area contributed by atoms with E-state index in [1.807, 2.05) is 30.3 Å². The first-order valence-corrected chi connectivity index (χ1v) is 6.97. The van der Waals surface area contributed by atoms with Crippen molar-refractivity contribution in [3.63, 3.8) is 0 Å². The minimum atomic E-state index is -0.183. The standard InChI is InChI=1S/C14H17NO3S/c16-12(17-9-11-4-2-1-3-5-11)8-15-7-6-14(10-15)13(19)18-14/h1-5,13,19H,6-10H2. The number of benzene rings is 1. The highest BCUT2D eigenvalue weighted by atomic mass is 32.1. The maximum absolute atomic E-state index is 11.8. The molecular weight excluding hydrogens is 262 g/mol. The van der Waals surface area contributed by atoms with Gasteiger partial charge in [0, 0.05) is 13.1 Å². The molecule has 19 heavy (non-hydrogen) atoms. The molecule has 2 atom stereocenters. The van der Waals surface area contributed by atoms with Gasteiger partial charge in [-0.05, 0) is 12.0 Å². The fourth-order valence-electron chi connectivity index (χ4n) is 2.47. The van der Waals surface area contributed by atoms with Gasteiger partial charge in [0.1, 0.15) is 17.6 Å². The Kier molecular flexibility index (Phi) is 3.52. The molecule has 2 saturated heterocycles. The first kappa shape index (κ1) is 13.0. The number of rotatable bonds is 4. The summed E-state index contributed by atoms with van der Waals surface area (Å²) in [5.41, 5.74) is 0.954. The van der Waals surface area contributed by atoms with E-state index in [9.17, 15) is 4.79 Å². The topological polar surface area (TPSA) is 42.1 Å². The van der Waals surface area contributed by atoms with Crippen LogP contribution in [0.5, 0.6) is 0 Å². The minimum absolute atomic E-state index is 0.0397. The van der Waals surface area contributed by atoms with E-state index < -0.39 is 0 Å². The Morgan fingerprint density at radius 1 is 1.47 bits per heavy atom. The maximum atomic E-state index is 11.8. The van der Waals surface area contributed by atoms with E-state index in [2.05, 4.69) is 17.5 Å². The zero-order valence-electron chi connectivity index (χ0n) is 10.6. The first-order valence-electron chi connectivity index (χ1n) is 6.46. The zero-order valence-corrected chi connectivity index (χ0v) is 11.5. The molecule has 4 nitrogen and oxygen atoms in total. The number of nitrogens with zero attached hydrogens (tertiary/aromatic N) is 1. The monoisotopic (exact) mass is 279 g/mol. The highest BCUT2D eigenvalue weighted by molar-refractivity contribution is 7.81. The van der Waals surface area contributed by atoms with Gasteiger partial charge in [-0.3, -0.25) is 9.69 Å². The second-order valence-electron chi connectivity index (χ2n) is 5.14. The molecule has 5 heteroatoms. The van der Waals surface area contributed by atoms with Gasteiger partial charge >= 0.3 is 5.97 Å². The van der Waals surface area contributed by atoms with Crippen LogP contribution in [-0.2, 0) is 20.9 Å². The van der Waals surface area contributed by atoms with Crippen LogP contribution in [0.25, 0.3) is 0 Å². The lowest BCUT2D eigenvalue weighted by atomic mass is 10.1. The molecule has 0 N–H and O–H groups in total. The van der Waals surface area contributed by atoms with Crippen molar-refractivity contribution in [2.45, 2.75) is 24.1 Å². The normalized spacial score (nSPS) is 29.6. The van der Waals surface area contributed by atoms with Gasteiger partial charge in [0.05, 0.1) is 6.54 Å². The molecule has 1 spiro atoms. The number of hydrogen-bond donors (Lipinski definition) is 1. The number of hydrogen-bond acceptors (Lipinski definition) is 5. The maximum Gasteiger partial charge on any atom is 0.320 e. The first-order chi connectivity index (χ1) is 9.18. The highest BCUT2D eigenvalue weighted by Gasteiger charge is 2.58. The van der Waals surface area contributed by atoms with Gasteiger partial charge in [0.25, 0.3) is 0 Å². The van der Waals surface area contributed by atoms with Crippen molar-refractivity contribution in [2.75, 3.05) is 19.6 Å². The summed E-state index contributed by atoms with van der Waals surface area (Å²) >= 11 is 4.31. The van der Waals surface area contributed by atoms with Crippen LogP contribution >= 0.6 is 12.6 Å². The lowest BCUT2D eigenvalue weighted by molar-refractivity contribution is -0.146. The molecule has 3 rings (SSSR count). The molecule has 2 heterocycles. The fourth-order valence-corrected chi connectivity index (χ4v) is 2.89. The van der Waals surface area contributed by atoms with Crippen molar-refractivity contribution in [2.24, 2.45) is 0 Å². The van der Waals surface area contributed by atoms with Crippen LogP contribution in [0, 0.1) is 0 Å². The molecule has 0 aliphatic carbocycles. The third-order valence-electron chi connectivity index (χ3n) is 3.68. The van der Waals surface area contributed by atoms with Gasteiger partial charge in [-0.15, -0.1) is 12.6 Å². The fraction of sp³-hybridized carbons (Fsp3) is 0.500. The van der Waals surface area contributed by atoms with E-state index >= 15 is 0 Å². The molecule has 0 amide bonds. The van der Waals surface area contributed by atoms with Gasteiger partial charge in [0.15, 0.2) is 0 Å². The van der Waals surface area contributed by atoms with Crippen LogP contribution < -0.4 is 0 Å². The minimum Gasteiger partial charge on any atom is -0.460 e. The van der Waals surface area contributed by atoms with Gasteiger partial charge in [-0.2, -0.15) is 0 Å². The predicted octanol–water partition coefficient (Wildman–Crippen LogP) is 1.46. The van der Waals surface area contributed by atoms with Crippen LogP contribution in [0.2, 0.25) is 0 Å². The molecule has 1 aromatic rings. The lowest BCUT2D eigenvalue weighted by Crippen LogP contribution is -2.30. The number of epoxide rings is 1. The smallest absolute Gasteiger partial charge is 0.320 e. The lowest BCUT2D eigenvalue weighted by Gasteiger charge is -2.13. The number of thiol groups is 1. The molecule has 2 fully saturated rings. The summed E-state index contributed by atoms with van der Waals surface area (Å²) in [7, 11) is 0. The quantitative estimate of drug-likeness (QED) is 0.515. The van der Waals surface area contributed by atoms with E-state index in [-0.39, 0.29) is 17.0 Å². The number of likely N-dealkylation sites (tertiary alicyclic amines) is 1. The third-order valence-corrected chi connectivity index (χ3v) is 4.25. The Morgan fingerprint density at radius 2 is 2.21 bits per heavy atom. The van der Waals surface area contributed by atoms with E-state index in [0.717, 1.165) is 25.1 Å². The molecule has 0 saturated carbocycles. The van der Waals surface area contributed by atoms with Crippen LogP contribution in [0.1, 0.15) is 12.0 Å². The molecule has 2 aliphatic rings. The van der Waals surface area contributed by atoms with Crippen molar-refractivity contribution in [3.8, 4) is 0 Å². The number of ether oxygens (including phenoxy) is 2. The molecule has 0 bridgehead atoms. The number of carbonyl (C=O) groups is 1. The Bertz CT molecular complexity index is 467. The Balaban J connectivity index is 1.42. The zero-order chi connectivity index (χ0) is 13.3. The molecule has 0 radical (unpaired) electrons. The SMILES string of the molecule is O=C(CN1CCC2(C1)OC2S)OCc1ccccc1. The number of carbonyl (C=O) groups excluding carboxylic acids is 1. The van der Waals surface area contributed by atoms with Gasteiger partial charge in [0.2, 0.25) is 0 Å². The van der Waals surface area contributed by atoms with Crippen LogP contribution in [0.15, 0.2) is 30.3 Å². The molecule has 102 valence electrons. The van der Waals surface area contributed by atoms with Crippen molar-refractivity contribution in [1.82, 2.24) is 4.90 Å².